The molecule has 0 fully saturated rings. The topological polar surface area (TPSA) is 102 Å². The lowest BCUT2D eigenvalue weighted by atomic mass is 10.1. The Kier molecular flexibility index (Phi) is 9.37. The van der Waals surface area contributed by atoms with Gasteiger partial charge in [-0.3, -0.25) is 4.79 Å². The average molecular weight is 246 g/mol. The molecule has 0 aliphatic rings. The highest BCUT2D eigenvalue weighted by atomic mass is 16.7. The molecule has 0 spiro atoms. The third kappa shape index (κ3) is 8.65. The highest BCUT2D eigenvalue weighted by Gasteiger charge is 2.19. The summed E-state index contributed by atoms with van der Waals surface area (Å²) in [5, 5.41) is 11.5. The number of carbonyl (C=O) groups excluding carboxylic acids is 1. The van der Waals surface area contributed by atoms with Crippen LogP contribution in [0.1, 0.15) is 45.4 Å². The van der Waals surface area contributed by atoms with Crippen molar-refractivity contribution in [3.63, 3.8) is 0 Å². The Bertz CT molecular complexity index is 234. The third-order valence-electron chi connectivity index (χ3n) is 2.47. The van der Waals surface area contributed by atoms with E-state index in [1.54, 1.807) is 0 Å². The van der Waals surface area contributed by atoms with Gasteiger partial charge in [-0.2, -0.15) is 5.90 Å². The van der Waals surface area contributed by atoms with Gasteiger partial charge in [0.05, 0.1) is 0 Å². The van der Waals surface area contributed by atoms with Crippen LogP contribution in [-0.4, -0.2) is 29.6 Å². The van der Waals surface area contributed by atoms with Crippen molar-refractivity contribution in [2.75, 3.05) is 6.54 Å². The predicted octanol–water partition coefficient (Wildman–Crippen LogP) is 0.807. The van der Waals surface area contributed by atoms with Crippen molar-refractivity contribution in [3.05, 3.63) is 0 Å². The first-order valence-electron chi connectivity index (χ1n) is 5.97. The minimum Gasteiger partial charge on any atom is -0.481 e. The summed E-state index contributed by atoms with van der Waals surface area (Å²) in [6, 6.07) is -0.627. The maximum absolute atomic E-state index is 11.2. The van der Waals surface area contributed by atoms with Gasteiger partial charge in [0, 0.05) is 6.42 Å². The first-order valence-corrected chi connectivity index (χ1v) is 5.97. The summed E-state index contributed by atoms with van der Waals surface area (Å²) in [6.45, 7) is 2.79. The fourth-order valence-electron chi connectivity index (χ4n) is 1.48. The fourth-order valence-corrected chi connectivity index (χ4v) is 1.48. The second-order valence-corrected chi connectivity index (χ2v) is 3.94. The quantitative estimate of drug-likeness (QED) is 0.389. The number of carbonyl (C=O) groups is 2. The second-order valence-electron chi connectivity index (χ2n) is 3.94. The average Bonchev–Trinajstić information content (AvgIpc) is 2.31. The van der Waals surface area contributed by atoms with Crippen molar-refractivity contribution in [3.8, 4) is 0 Å². The first-order chi connectivity index (χ1) is 8.11. The van der Waals surface area contributed by atoms with Crippen molar-refractivity contribution in [2.45, 2.75) is 51.5 Å². The number of aliphatic carboxylic acids is 1. The van der Waals surface area contributed by atoms with Crippen LogP contribution in [-0.2, 0) is 14.4 Å². The van der Waals surface area contributed by atoms with Crippen LogP contribution in [0.4, 0.5) is 0 Å². The van der Waals surface area contributed by atoms with Crippen molar-refractivity contribution in [1.82, 2.24) is 5.32 Å². The van der Waals surface area contributed by atoms with Crippen LogP contribution < -0.4 is 11.2 Å². The van der Waals surface area contributed by atoms with Gasteiger partial charge < -0.3 is 15.3 Å². The van der Waals surface area contributed by atoms with E-state index in [9.17, 15) is 9.59 Å². The van der Waals surface area contributed by atoms with Crippen molar-refractivity contribution in [1.29, 1.82) is 0 Å². The largest absolute Gasteiger partial charge is 0.481 e. The summed E-state index contributed by atoms with van der Waals surface area (Å²) in [7, 11) is 0. The first kappa shape index (κ1) is 15.9. The number of nitrogens with two attached hydrogens (primary N) is 1. The van der Waals surface area contributed by atoms with Crippen molar-refractivity contribution < 1.29 is 19.5 Å². The molecule has 0 radical (unpaired) electrons. The minimum absolute atomic E-state index is 0.0816. The Morgan fingerprint density at radius 3 is 2.59 bits per heavy atom. The molecule has 0 amide bonds. The van der Waals surface area contributed by atoms with Gasteiger partial charge >= 0.3 is 11.9 Å². The van der Waals surface area contributed by atoms with Gasteiger partial charge in [0.25, 0.3) is 0 Å². The Labute approximate surface area is 101 Å². The number of hydrogen-bond donors (Lipinski definition) is 3. The molecule has 0 aromatic heterocycles. The monoisotopic (exact) mass is 246 g/mol. The van der Waals surface area contributed by atoms with Gasteiger partial charge in [-0.15, -0.1) is 0 Å². The predicted molar refractivity (Wildman–Crippen MR) is 63.1 cm³/mol. The van der Waals surface area contributed by atoms with Gasteiger partial charge in [-0.05, 0) is 19.4 Å². The highest BCUT2D eigenvalue weighted by molar-refractivity contribution is 5.76. The van der Waals surface area contributed by atoms with E-state index in [4.69, 9.17) is 11.0 Å². The molecule has 0 aromatic carbocycles. The summed E-state index contributed by atoms with van der Waals surface area (Å²) >= 11 is 0. The molecule has 100 valence electrons. The summed E-state index contributed by atoms with van der Waals surface area (Å²) in [6.07, 6.45) is 4.46. The molecule has 0 aliphatic carbocycles. The molecule has 0 rings (SSSR count). The van der Waals surface area contributed by atoms with E-state index in [2.05, 4.69) is 17.1 Å². The van der Waals surface area contributed by atoms with Crippen LogP contribution in [0.25, 0.3) is 0 Å². The molecule has 0 aliphatic heterocycles. The lowest BCUT2D eigenvalue weighted by Crippen LogP contribution is -2.40. The van der Waals surface area contributed by atoms with Crippen LogP contribution in [0.15, 0.2) is 0 Å². The zero-order chi connectivity index (χ0) is 13.1. The summed E-state index contributed by atoms with van der Waals surface area (Å²) in [5.41, 5.74) is 0. The zero-order valence-corrected chi connectivity index (χ0v) is 10.3. The highest BCUT2D eigenvalue weighted by Crippen LogP contribution is 2.02. The van der Waals surface area contributed by atoms with Crippen LogP contribution in [0.5, 0.6) is 0 Å². The molecule has 4 N–H and O–H groups in total. The molecule has 0 bridgehead atoms. The van der Waals surface area contributed by atoms with Gasteiger partial charge in [0.2, 0.25) is 0 Å². The zero-order valence-electron chi connectivity index (χ0n) is 10.3. The normalized spacial score (nSPS) is 12.1. The molecule has 0 saturated heterocycles. The van der Waals surface area contributed by atoms with Crippen LogP contribution in [0.3, 0.4) is 0 Å². The van der Waals surface area contributed by atoms with E-state index < -0.39 is 18.0 Å². The molecule has 0 heterocycles. The number of unbranched alkanes of at least 4 members (excludes halogenated alkanes) is 3. The number of carboxylic acid groups (broad SMARTS) is 1. The van der Waals surface area contributed by atoms with Crippen molar-refractivity contribution >= 4 is 11.9 Å². The summed E-state index contributed by atoms with van der Waals surface area (Å²) < 4.78 is 0. The maximum Gasteiger partial charge on any atom is 0.341 e. The minimum atomic E-state index is -0.937. The third-order valence-corrected chi connectivity index (χ3v) is 2.47. The van der Waals surface area contributed by atoms with E-state index >= 15 is 0 Å². The van der Waals surface area contributed by atoms with E-state index in [1.807, 2.05) is 0 Å². The SMILES string of the molecule is CCCCCCNC(CCC(=O)O)C(=O)ON. The fraction of sp³-hybridized carbons (Fsp3) is 0.818. The molecular weight excluding hydrogens is 224 g/mol. The lowest BCUT2D eigenvalue weighted by Gasteiger charge is -2.14. The number of hydrogen-bond acceptors (Lipinski definition) is 5. The Morgan fingerprint density at radius 1 is 1.35 bits per heavy atom. The molecule has 1 unspecified atom stereocenters. The Balaban J connectivity index is 3.85. The van der Waals surface area contributed by atoms with Crippen LogP contribution in [0, 0.1) is 0 Å². The van der Waals surface area contributed by atoms with Crippen molar-refractivity contribution in [2.24, 2.45) is 5.90 Å². The van der Waals surface area contributed by atoms with Crippen LogP contribution >= 0.6 is 0 Å². The summed E-state index contributed by atoms with van der Waals surface area (Å²) in [5.74, 6) is 3.25. The molecular formula is C11H22N2O4. The van der Waals surface area contributed by atoms with Gasteiger partial charge in [-0.25, -0.2) is 4.79 Å². The molecule has 1 atom stereocenters. The summed E-state index contributed by atoms with van der Waals surface area (Å²) in [4.78, 5) is 25.8. The molecule has 0 saturated carbocycles. The van der Waals surface area contributed by atoms with E-state index in [0.29, 0.717) is 6.54 Å². The molecule has 0 aromatic rings. The maximum atomic E-state index is 11.2. The second kappa shape index (κ2) is 10.0. The molecule has 6 nitrogen and oxygen atoms in total. The van der Waals surface area contributed by atoms with E-state index in [0.717, 1.165) is 25.7 Å². The Morgan fingerprint density at radius 2 is 2.06 bits per heavy atom. The van der Waals surface area contributed by atoms with Gasteiger partial charge in [0.15, 0.2) is 0 Å². The van der Waals surface area contributed by atoms with E-state index in [1.165, 1.54) is 0 Å². The number of nitrogens with one attached hydrogen (secondary N) is 1. The van der Waals surface area contributed by atoms with Gasteiger partial charge in [0.1, 0.15) is 6.04 Å². The molecule has 6 heteroatoms. The van der Waals surface area contributed by atoms with Gasteiger partial charge in [-0.1, -0.05) is 26.2 Å². The smallest absolute Gasteiger partial charge is 0.341 e. The Hall–Kier alpha value is -1.14. The number of carboxylic acids is 1. The standard InChI is InChI=1S/C11H22N2O4/c1-2-3-4-5-8-13-9(11(16)17-12)6-7-10(14)15/h9,13H,2-8,12H2,1H3,(H,14,15). The number of rotatable bonds is 10. The lowest BCUT2D eigenvalue weighted by molar-refractivity contribution is -0.147. The molecule has 17 heavy (non-hydrogen) atoms. The van der Waals surface area contributed by atoms with E-state index in [-0.39, 0.29) is 12.8 Å². The van der Waals surface area contributed by atoms with Crippen LogP contribution in [0.2, 0.25) is 0 Å².